The van der Waals surface area contributed by atoms with Crippen molar-refractivity contribution in [1.82, 2.24) is 9.80 Å². The zero-order chi connectivity index (χ0) is 33.0. The lowest BCUT2D eigenvalue weighted by Gasteiger charge is -2.44. The topological polar surface area (TPSA) is 138 Å². The zero-order valence-corrected chi connectivity index (χ0v) is 28.3. The summed E-state index contributed by atoms with van der Waals surface area (Å²) in [5.74, 6) is -2.71. The highest BCUT2D eigenvalue weighted by molar-refractivity contribution is 5.73. The molecule has 11 heteroatoms. The number of carbonyl (C=O) groups is 2. The Hall–Kier alpha value is -1.60. The second-order valence-electron chi connectivity index (χ2n) is 13.4. The number of hydrogen-bond acceptors (Lipinski definition) is 11. The van der Waals surface area contributed by atoms with Crippen LogP contribution >= 0.6 is 0 Å². The molecule has 0 aromatic rings. The molecule has 250 valence electrons. The fraction of sp³-hybridized carbons (Fsp3) is 0.875. The van der Waals surface area contributed by atoms with Crippen LogP contribution in [0.5, 0.6) is 0 Å². The largest absolute Gasteiger partial charge is 0.459 e. The number of likely N-dealkylation sites (N-methyl/N-ethyl adjacent to an activating group) is 2. The number of esters is 2. The first-order valence-electron chi connectivity index (χ1n) is 15.6. The number of carbonyl (C=O) groups excluding carboxylic acids is 2. The average molecular weight is 615 g/mol. The van der Waals surface area contributed by atoms with Gasteiger partial charge < -0.3 is 44.1 Å². The van der Waals surface area contributed by atoms with Crippen LogP contribution in [0.2, 0.25) is 0 Å². The van der Waals surface area contributed by atoms with E-state index in [1.165, 1.54) is 13.8 Å². The van der Waals surface area contributed by atoms with E-state index >= 15 is 0 Å². The number of hydrogen-bond donors (Lipinski definition) is 3. The summed E-state index contributed by atoms with van der Waals surface area (Å²) in [4.78, 5) is 29.4. The predicted molar refractivity (Wildman–Crippen MR) is 163 cm³/mol. The molecular weight excluding hydrogens is 556 g/mol. The van der Waals surface area contributed by atoms with Gasteiger partial charge in [0.25, 0.3) is 0 Å². The van der Waals surface area contributed by atoms with Crippen LogP contribution in [0.1, 0.15) is 75.2 Å². The smallest absolute Gasteiger partial charge is 0.311 e. The van der Waals surface area contributed by atoms with Crippen molar-refractivity contribution in [2.45, 2.75) is 136 Å². The molecule has 1 saturated heterocycles. The van der Waals surface area contributed by atoms with Gasteiger partial charge in [0.05, 0.1) is 30.3 Å². The summed E-state index contributed by atoms with van der Waals surface area (Å²) >= 11 is 0. The van der Waals surface area contributed by atoms with Gasteiger partial charge >= 0.3 is 11.9 Å². The van der Waals surface area contributed by atoms with E-state index in [2.05, 4.69) is 6.08 Å². The van der Waals surface area contributed by atoms with Crippen LogP contribution in [0.3, 0.4) is 0 Å². The fourth-order valence-corrected chi connectivity index (χ4v) is 6.52. The van der Waals surface area contributed by atoms with Gasteiger partial charge in [-0.2, -0.15) is 0 Å². The quantitative estimate of drug-likeness (QED) is 0.311. The highest BCUT2D eigenvalue weighted by Gasteiger charge is 2.47. The normalized spacial score (nSPS) is 44.1. The van der Waals surface area contributed by atoms with Gasteiger partial charge in [0.1, 0.15) is 17.8 Å². The van der Waals surface area contributed by atoms with E-state index in [-0.39, 0.29) is 24.5 Å². The number of aliphatic hydroxyl groups is 3. The molecule has 2 aliphatic rings. The predicted octanol–water partition coefficient (Wildman–Crippen LogP) is 2.35. The molecule has 0 aliphatic carbocycles. The van der Waals surface area contributed by atoms with Gasteiger partial charge in [0, 0.05) is 25.4 Å². The zero-order valence-electron chi connectivity index (χ0n) is 28.3. The number of ether oxygens (including phenoxy) is 4. The van der Waals surface area contributed by atoms with E-state index in [1.807, 2.05) is 58.6 Å². The van der Waals surface area contributed by atoms with E-state index in [4.69, 9.17) is 18.9 Å². The van der Waals surface area contributed by atoms with Gasteiger partial charge in [-0.3, -0.25) is 9.59 Å². The van der Waals surface area contributed by atoms with E-state index in [9.17, 15) is 24.9 Å². The lowest BCUT2D eigenvalue weighted by molar-refractivity contribution is -0.275. The summed E-state index contributed by atoms with van der Waals surface area (Å²) in [5.41, 5.74) is -0.904. The molecule has 0 spiro atoms. The second-order valence-corrected chi connectivity index (χ2v) is 13.4. The third kappa shape index (κ3) is 9.22. The van der Waals surface area contributed by atoms with Crippen molar-refractivity contribution in [3.05, 3.63) is 11.6 Å². The van der Waals surface area contributed by atoms with E-state index in [0.29, 0.717) is 13.0 Å². The first-order valence-corrected chi connectivity index (χ1v) is 15.6. The Morgan fingerprint density at radius 3 is 2.33 bits per heavy atom. The Balaban J connectivity index is 2.57. The van der Waals surface area contributed by atoms with Crippen LogP contribution in [0, 0.1) is 17.8 Å². The monoisotopic (exact) mass is 614 g/mol. The van der Waals surface area contributed by atoms with E-state index in [0.717, 1.165) is 5.57 Å². The maximum Gasteiger partial charge on any atom is 0.311 e. The fourth-order valence-electron chi connectivity index (χ4n) is 6.52. The van der Waals surface area contributed by atoms with Gasteiger partial charge in [-0.05, 0) is 80.1 Å². The van der Waals surface area contributed by atoms with Gasteiger partial charge in [-0.15, -0.1) is 0 Å². The van der Waals surface area contributed by atoms with Crippen molar-refractivity contribution in [2.24, 2.45) is 17.8 Å². The Morgan fingerprint density at radius 2 is 1.79 bits per heavy atom. The highest BCUT2D eigenvalue weighted by atomic mass is 16.7. The Bertz CT molecular complexity index is 957. The number of nitrogens with zero attached hydrogens (tertiary/aromatic N) is 2. The summed E-state index contributed by atoms with van der Waals surface area (Å²) < 4.78 is 24.4. The van der Waals surface area contributed by atoms with E-state index in [1.54, 1.807) is 20.8 Å². The van der Waals surface area contributed by atoms with Gasteiger partial charge in [0.2, 0.25) is 0 Å². The summed E-state index contributed by atoms with van der Waals surface area (Å²) in [7, 11) is 5.71. The molecule has 0 radical (unpaired) electrons. The van der Waals surface area contributed by atoms with Crippen LogP contribution in [0.15, 0.2) is 11.6 Å². The molecule has 0 bridgehead atoms. The third-order valence-electron chi connectivity index (χ3n) is 9.34. The van der Waals surface area contributed by atoms with Crippen LogP contribution in [0.25, 0.3) is 0 Å². The highest BCUT2D eigenvalue weighted by Crippen LogP contribution is 2.34. The first kappa shape index (κ1) is 37.6. The molecule has 0 aromatic carbocycles. The summed E-state index contributed by atoms with van der Waals surface area (Å²) in [5, 5.41) is 34.1. The molecule has 43 heavy (non-hydrogen) atoms. The van der Waals surface area contributed by atoms with E-state index < -0.39 is 72.2 Å². The number of aliphatic hydroxyl groups excluding tert-OH is 2. The molecule has 0 amide bonds. The van der Waals surface area contributed by atoms with Crippen LogP contribution in [-0.4, -0.2) is 125 Å². The molecule has 3 N–H and O–H groups in total. The van der Waals surface area contributed by atoms with Crippen LogP contribution in [-0.2, 0) is 28.5 Å². The van der Waals surface area contributed by atoms with Gasteiger partial charge in [-0.25, -0.2) is 0 Å². The lowest BCUT2D eigenvalue weighted by atomic mass is 9.85. The molecule has 0 aromatic heterocycles. The van der Waals surface area contributed by atoms with Crippen molar-refractivity contribution >= 4 is 11.9 Å². The third-order valence-corrected chi connectivity index (χ3v) is 9.34. The Morgan fingerprint density at radius 1 is 1.19 bits per heavy atom. The van der Waals surface area contributed by atoms with Gasteiger partial charge in [-0.1, -0.05) is 26.8 Å². The minimum absolute atomic E-state index is 0.00700. The van der Waals surface area contributed by atoms with Crippen molar-refractivity contribution in [1.29, 1.82) is 0 Å². The molecule has 11 nitrogen and oxygen atoms in total. The van der Waals surface area contributed by atoms with Crippen molar-refractivity contribution < 1.29 is 43.9 Å². The number of rotatable bonds is 5. The minimum Gasteiger partial charge on any atom is -0.459 e. The summed E-state index contributed by atoms with van der Waals surface area (Å²) in [6.45, 7) is 16.3. The maximum absolute atomic E-state index is 13.4. The molecule has 2 aliphatic heterocycles. The maximum atomic E-state index is 13.4. The molecular formula is C32H58N2O9. The average Bonchev–Trinajstić information content (AvgIpc) is 2.92. The molecule has 0 unspecified atom stereocenters. The van der Waals surface area contributed by atoms with Gasteiger partial charge in [0.15, 0.2) is 12.4 Å². The summed E-state index contributed by atoms with van der Waals surface area (Å²) in [6, 6.07) is -0.611. The molecule has 13 atom stereocenters. The van der Waals surface area contributed by atoms with Crippen molar-refractivity contribution in [2.75, 3.05) is 27.7 Å². The first-order chi connectivity index (χ1) is 19.8. The van der Waals surface area contributed by atoms with Crippen LogP contribution in [0.4, 0.5) is 0 Å². The van der Waals surface area contributed by atoms with Crippen LogP contribution < -0.4 is 0 Å². The Kier molecular flexibility index (Phi) is 13.6. The summed E-state index contributed by atoms with van der Waals surface area (Å²) in [6.07, 6.45) is -2.93. The standard InChI is InChI=1S/C32H58N2O9/c1-13-25-32(9,39)29(37)22(7)34(12)16-17(2)14-18(3)27(20(5)26(36)21(6)30(38)42-25)43-31-28(41-23(8)35)24(33(10)11)15-19(4)40-31/h14,17,19-22,24-29,31,36-37,39H,13,15-16H2,1-12H3/b18-14+/t17-,19-,20+,21-,22-,24+,25-,26+,27+,28-,29-,31+,32-/m1/s1. The Labute approximate surface area is 258 Å². The molecule has 2 rings (SSSR count). The SMILES string of the molecule is CC[C@H]1OC(=O)[C@H](C)[C@@H](O)[C@H](C)[C@@H](O[C@@H]2O[C@H](C)C[C@H](N(C)C)[C@H]2OC(C)=O)/C(C)=C/[C@@H](C)CN(C)[C@H](C)[C@@H](O)[C@]1(C)O. The molecule has 1 fully saturated rings. The van der Waals surface area contributed by atoms with Crippen molar-refractivity contribution in [3.63, 3.8) is 0 Å². The molecule has 2 heterocycles. The lowest BCUT2D eigenvalue weighted by Crippen LogP contribution is -2.59. The second kappa shape index (κ2) is 15.6. The molecule has 0 saturated carbocycles. The number of cyclic esters (lactones) is 1. The van der Waals surface area contributed by atoms with Crippen molar-refractivity contribution in [3.8, 4) is 0 Å². The minimum atomic E-state index is -1.72.